The van der Waals surface area contributed by atoms with Crippen molar-refractivity contribution in [2.75, 3.05) is 0 Å². The second-order valence-corrected chi connectivity index (χ2v) is 5.95. The molecule has 27 heavy (non-hydrogen) atoms. The van der Waals surface area contributed by atoms with Gasteiger partial charge in [-0.25, -0.2) is 0 Å². The predicted molar refractivity (Wildman–Crippen MR) is 99.4 cm³/mol. The van der Waals surface area contributed by atoms with E-state index in [1.54, 1.807) is 47.0 Å². The van der Waals surface area contributed by atoms with Crippen LogP contribution in [0.4, 0.5) is 5.69 Å². The van der Waals surface area contributed by atoms with E-state index < -0.39 is 12.0 Å². The number of nitriles is 1. The van der Waals surface area contributed by atoms with Crippen LogP contribution in [0.5, 0.6) is 5.88 Å². The molecule has 0 saturated carbocycles. The zero-order valence-corrected chi connectivity index (χ0v) is 14.5. The summed E-state index contributed by atoms with van der Waals surface area (Å²) in [6.45, 7) is 0.440. The van der Waals surface area contributed by atoms with Gasteiger partial charge in [-0.05, 0) is 18.1 Å². The highest BCUT2D eigenvalue weighted by Crippen LogP contribution is 2.39. The van der Waals surface area contributed by atoms with Crippen LogP contribution in [0, 0.1) is 11.3 Å². The fourth-order valence-corrected chi connectivity index (χ4v) is 2.84. The van der Waals surface area contributed by atoms with Crippen LogP contribution in [-0.4, -0.2) is 20.7 Å². The number of unbranched alkanes of at least 4 members (excludes halogenated alkanes) is 1. The monoisotopic (exact) mass is 362 g/mol. The Kier molecular flexibility index (Phi) is 5.59. The lowest BCUT2D eigenvalue weighted by Gasteiger charge is -2.05. The molecule has 1 aromatic heterocycles. The normalized spacial score (nSPS) is 12.3. The molecule has 1 heterocycles. The lowest BCUT2D eigenvalue weighted by atomic mass is 10.1. The van der Waals surface area contributed by atoms with Gasteiger partial charge in [-0.3, -0.25) is 4.79 Å². The van der Waals surface area contributed by atoms with Crippen molar-refractivity contribution >= 4 is 22.5 Å². The van der Waals surface area contributed by atoms with Crippen molar-refractivity contribution in [2.45, 2.75) is 25.5 Å². The third-order valence-corrected chi connectivity index (χ3v) is 4.19. The summed E-state index contributed by atoms with van der Waals surface area (Å²) >= 11 is 0. The Bertz CT molecular complexity index is 1020. The number of aromatic nitrogens is 1. The first-order chi connectivity index (χ1) is 13.1. The standard InChI is InChI=1S/C20H18N4O3/c21-12-6-7-13-24-16-11-5-4-10-15(16)17(20(24)27)22-23-19(26)18(25)14-8-2-1-3-9-14/h1-5,8-11,18,25,27H,6-7,13H2/t18-/m1/s1. The van der Waals surface area contributed by atoms with Gasteiger partial charge in [0.15, 0.2) is 11.8 Å². The number of benzene rings is 2. The molecule has 2 aromatic carbocycles. The lowest BCUT2D eigenvalue weighted by molar-refractivity contribution is -0.126. The first kappa shape index (κ1) is 18.3. The lowest BCUT2D eigenvalue weighted by Crippen LogP contribution is -2.08. The molecule has 3 aromatic rings. The zero-order chi connectivity index (χ0) is 19.2. The summed E-state index contributed by atoms with van der Waals surface area (Å²) in [4.78, 5) is 12.1. The molecule has 136 valence electrons. The maximum absolute atomic E-state index is 12.1. The minimum Gasteiger partial charge on any atom is -0.493 e. The van der Waals surface area contributed by atoms with E-state index in [9.17, 15) is 15.0 Å². The van der Waals surface area contributed by atoms with Crippen LogP contribution in [0.1, 0.15) is 24.5 Å². The maximum atomic E-state index is 12.1. The molecule has 3 rings (SSSR count). The Morgan fingerprint density at radius 2 is 1.85 bits per heavy atom. The SMILES string of the molecule is N#CCCCn1c(O)c(N=NC(=O)[C@H](O)c2ccccc2)c2ccccc21. The van der Waals surface area contributed by atoms with Crippen LogP contribution in [0.3, 0.4) is 0 Å². The summed E-state index contributed by atoms with van der Waals surface area (Å²) in [5.41, 5.74) is 1.32. The minimum atomic E-state index is -1.42. The van der Waals surface area contributed by atoms with Gasteiger partial charge < -0.3 is 14.8 Å². The third-order valence-electron chi connectivity index (χ3n) is 4.19. The van der Waals surface area contributed by atoms with E-state index in [1.165, 1.54) is 0 Å². The fourth-order valence-electron chi connectivity index (χ4n) is 2.84. The van der Waals surface area contributed by atoms with E-state index in [2.05, 4.69) is 16.3 Å². The van der Waals surface area contributed by atoms with Crippen LogP contribution < -0.4 is 0 Å². The Balaban J connectivity index is 1.90. The summed E-state index contributed by atoms with van der Waals surface area (Å²) < 4.78 is 1.64. The summed E-state index contributed by atoms with van der Waals surface area (Å²) in [5, 5.41) is 37.5. The number of rotatable bonds is 6. The average Bonchev–Trinajstić information content (AvgIpc) is 2.97. The second kappa shape index (κ2) is 8.25. The molecule has 0 saturated heterocycles. The minimum absolute atomic E-state index is 0.125. The van der Waals surface area contributed by atoms with E-state index in [4.69, 9.17) is 5.26 Å². The Hall–Kier alpha value is -3.50. The Morgan fingerprint density at radius 3 is 2.59 bits per heavy atom. The molecule has 2 N–H and O–H groups in total. The molecule has 1 amide bonds. The van der Waals surface area contributed by atoms with Gasteiger partial charge in [0.2, 0.25) is 5.88 Å². The van der Waals surface area contributed by atoms with Gasteiger partial charge >= 0.3 is 0 Å². The van der Waals surface area contributed by atoms with Crippen molar-refractivity contribution in [3.63, 3.8) is 0 Å². The smallest absolute Gasteiger partial charge is 0.297 e. The number of hydrogen-bond donors (Lipinski definition) is 2. The molecule has 0 aliphatic rings. The molecule has 0 bridgehead atoms. The third kappa shape index (κ3) is 3.86. The molecule has 0 fully saturated rings. The van der Waals surface area contributed by atoms with E-state index in [-0.39, 0.29) is 11.6 Å². The van der Waals surface area contributed by atoms with Crippen molar-refractivity contribution < 1.29 is 15.0 Å². The molecule has 0 aliphatic heterocycles. The molecule has 1 atom stereocenters. The van der Waals surface area contributed by atoms with Crippen LogP contribution in [0.25, 0.3) is 10.9 Å². The quantitative estimate of drug-likeness (QED) is 0.510. The van der Waals surface area contributed by atoms with Crippen LogP contribution >= 0.6 is 0 Å². The Labute approximate surface area is 155 Å². The summed E-state index contributed by atoms with van der Waals surface area (Å²) in [6, 6.07) is 17.7. The number of aromatic hydroxyl groups is 1. The van der Waals surface area contributed by atoms with Gasteiger partial charge in [0, 0.05) is 18.4 Å². The summed E-state index contributed by atoms with van der Waals surface area (Å²) in [5.74, 6) is -0.943. The second-order valence-electron chi connectivity index (χ2n) is 5.95. The molecular formula is C20H18N4O3. The van der Waals surface area contributed by atoms with Gasteiger partial charge in [-0.1, -0.05) is 48.5 Å². The number of aryl methyl sites for hydroxylation is 1. The average molecular weight is 362 g/mol. The van der Waals surface area contributed by atoms with Gasteiger partial charge in [-0.2, -0.15) is 5.26 Å². The van der Waals surface area contributed by atoms with Crippen LogP contribution in [-0.2, 0) is 11.3 Å². The number of amides is 1. The summed E-state index contributed by atoms with van der Waals surface area (Å²) in [6.07, 6.45) is -0.476. The Morgan fingerprint density at radius 1 is 1.15 bits per heavy atom. The number of hydrogen-bond acceptors (Lipinski definition) is 5. The molecule has 0 spiro atoms. The molecule has 7 heteroatoms. The van der Waals surface area contributed by atoms with Crippen LogP contribution in [0.2, 0.25) is 0 Å². The van der Waals surface area contributed by atoms with Crippen LogP contribution in [0.15, 0.2) is 64.8 Å². The highest BCUT2D eigenvalue weighted by Gasteiger charge is 2.19. The van der Waals surface area contributed by atoms with E-state index in [0.29, 0.717) is 30.3 Å². The number of fused-ring (bicyclic) bond motifs is 1. The maximum Gasteiger partial charge on any atom is 0.297 e. The number of para-hydroxylation sites is 1. The highest BCUT2D eigenvalue weighted by molar-refractivity contribution is 5.95. The van der Waals surface area contributed by atoms with Gasteiger partial charge in [0.1, 0.15) is 0 Å². The first-order valence-corrected chi connectivity index (χ1v) is 8.49. The van der Waals surface area contributed by atoms with Crippen molar-refractivity contribution in [2.24, 2.45) is 10.2 Å². The molecule has 0 radical (unpaired) electrons. The van der Waals surface area contributed by atoms with Crippen molar-refractivity contribution in [1.29, 1.82) is 5.26 Å². The predicted octanol–water partition coefficient (Wildman–Crippen LogP) is 3.99. The van der Waals surface area contributed by atoms with Crippen molar-refractivity contribution in [3.8, 4) is 11.9 Å². The fraction of sp³-hybridized carbons (Fsp3) is 0.200. The topological polar surface area (TPSA) is 111 Å². The zero-order valence-electron chi connectivity index (χ0n) is 14.5. The van der Waals surface area contributed by atoms with Gasteiger partial charge in [0.25, 0.3) is 5.91 Å². The number of aliphatic hydroxyl groups is 1. The number of nitrogens with zero attached hydrogens (tertiary/aromatic N) is 4. The van der Waals surface area contributed by atoms with E-state index >= 15 is 0 Å². The number of aliphatic hydroxyl groups excluding tert-OH is 1. The number of azo groups is 1. The van der Waals surface area contributed by atoms with Crippen molar-refractivity contribution in [1.82, 2.24) is 4.57 Å². The largest absolute Gasteiger partial charge is 0.493 e. The molecule has 7 nitrogen and oxygen atoms in total. The van der Waals surface area contributed by atoms with Crippen molar-refractivity contribution in [3.05, 3.63) is 60.2 Å². The van der Waals surface area contributed by atoms with E-state index in [0.717, 1.165) is 5.52 Å². The first-order valence-electron chi connectivity index (χ1n) is 8.49. The molecule has 0 aliphatic carbocycles. The summed E-state index contributed by atoms with van der Waals surface area (Å²) in [7, 11) is 0. The highest BCUT2D eigenvalue weighted by atomic mass is 16.3. The molecular weight excluding hydrogens is 344 g/mol. The van der Waals surface area contributed by atoms with Gasteiger partial charge in [-0.15, -0.1) is 10.2 Å². The van der Waals surface area contributed by atoms with E-state index in [1.807, 2.05) is 12.1 Å². The number of carbonyl (C=O) groups excluding carboxylic acids is 1. The van der Waals surface area contributed by atoms with Gasteiger partial charge in [0.05, 0.1) is 11.6 Å². The number of carbonyl (C=O) groups is 1. The molecule has 0 unspecified atom stereocenters.